The van der Waals surface area contributed by atoms with Crippen molar-refractivity contribution in [2.24, 2.45) is 0 Å². The van der Waals surface area contributed by atoms with E-state index in [-0.39, 0.29) is 0 Å². The van der Waals surface area contributed by atoms with E-state index in [4.69, 9.17) is 24.6 Å². The van der Waals surface area contributed by atoms with E-state index in [0.717, 1.165) is 16.6 Å². The number of benzene rings is 3. The Labute approximate surface area is 173 Å². The first-order chi connectivity index (χ1) is 14.2. The summed E-state index contributed by atoms with van der Waals surface area (Å²) in [5, 5.41) is 13.6. The maximum atomic E-state index is 8.68. The zero-order chi connectivity index (χ0) is 20.4. The number of nitrogens with one attached hydrogen (secondary N) is 1. The lowest BCUT2D eigenvalue weighted by atomic mass is 10.0. The van der Waals surface area contributed by atoms with Crippen molar-refractivity contribution in [2.75, 3.05) is 21.3 Å². The third-order valence-corrected chi connectivity index (χ3v) is 5.60. The van der Waals surface area contributed by atoms with Crippen LogP contribution >= 0.6 is 11.3 Å². The number of ether oxygens (including phenoxy) is 3. The lowest BCUT2D eigenvalue weighted by Gasteiger charge is -2.14. The molecule has 146 valence electrons. The van der Waals surface area contributed by atoms with Crippen LogP contribution in [0.25, 0.3) is 22.0 Å². The Balaban J connectivity index is 1.74. The Kier molecular flexibility index (Phi) is 5.18. The van der Waals surface area contributed by atoms with Crippen LogP contribution in [-0.2, 0) is 0 Å². The van der Waals surface area contributed by atoms with Gasteiger partial charge in [-0.05, 0) is 22.9 Å². The van der Waals surface area contributed by atoms with Crippen molar-refractivity contribution < 1.29 is 14.2 Å². The van der Waals surface area contributed by atoms with Gasteiger partial charge in [0.1, 0.15) is 5.01 Å². The largest absolute Gasteiger partial charge is 0.493 e. The molecule has 1 heterocycles. The average molecular weight is 404 g/mol. The second-order valence-corrected chi connectivity index (χ2v) is 7.21. The predicted molar refractivity (Wildman–Crippen MR) is 117 cm³/mol. The van der Waals surface area contributed by atoms with Crippen LogP contribution in [0.15, 0.2) is 60.0 Å². The number of rotatable bonds is 6. The molecular formula is C23H20N2O3S. The van der Waals surface area contributed by atoms with Crippen LogP contribution in [0, 0.1) is 5.41 Å². The van der Waals surface area contributed by atoms with Gasteiger partial charge in [-0.3, -0.25) is 5.41 Å². The third kappa shape index (κ3) is 3.43. The highest BCUT2D eigenvalue weighted by Crippen LogP contribution is 2.39. The fourth-order valence-electron chi connectivity index (χ4n) is 3.31. The van der Waals surface area contributed by atoms with Crippen LogP contribution < -0.4 is 14.2 Å². The molecule has 0 bridgehead atoms. The highest BCUT2D eigenvalue weighted by Gasteiger charge is 2.18. The first-order valence-electron chi connectivity index (χ1n) is 8.99. The molecule has 0 spiro atoms. The molecular weight excluding hydrogens is 384 g/mol. The van der Waals surface area contributed by atoms with Crippen molar-refractivity contribution in [3.8, 4) is 28.5 Å². The molecule has 0 saturated heterocycles. The Morgan fingerprint density at radius 1 is 0.897 bits per heavy atom. The summed E-state index contributed by atoms with van der Waals surface area (Å²) >= 11 is 1.44. The molecule has 0 atom stereocenters. The van der Waals surface area contributed by atoms with Crippen LogP contribution in [-0.4, -0.2) is 32.0 Å². The van der Waals surface area contributed by atoms with Crippen LogP contribution in [0.3, 0.4) is 0 Å². The van der Waals surface area contributed by atoms with E-state index in [9.17, 15) is 0 Å². The number of nitrogens with zero attached hydrogens (tertiary/aromatic N) is 1. The lowest BCUT2D eigenvalue weighted by molar-refractivity contribution is 0.324. The van der Waals surface area contributed by atoms with E-state index >= 15 is 0 Å². The lowest BCUT2D eigenvalue weighted by Crippen LogP contribution is -2.04. The molecule has 0 aliphatic rings. The molecule has 29 heavy (non-hydrogen) atoms. The summed E-state index contributed by atoms with van der Waals surface area (Å²) in [5.74, 6) is 1.52. The van der Waals surface area contributed by atoms with Crippen LogP contribution in [0.2, 0.25) is 0 Å². The minimum absolute atomic E-state index is 0.306. The number of hydrogen-bond donors (Lipinski definition) is 1. The Morgan fingerprint density at radius 3 is 2.28 bits per heavy atom. The van der Waals surface area contributed by atoms with Gasteiger partial charge >= 0.3 is 0 Å². The number of hydrogen-bond acceptors (Lipinski definition) is 6. The van der Waals surface area contributed by atoms with Gasteiger partial charge in [-0.1, -0.05) is 42.5 Å². The summed E-state index contributed by atoms with van der Waals surface area (Å²) in [6.45, 7) is 0. The number of thiazole rings is 1. The van der Waals surface area contributed by atoms with E-state index < -0.39 is 0 Å². The predicted octanol–water partition coefficient (Wildman–Crippen LogP) is 5.41. The first kappa shape index (κ1) is 19.0. The maximum absolute atomic E-state index is 8.68. The van der Waals surface area contributed by atoms with Gasteiger partial charge in [-0.25, -0.2) is 4.98 Å². The van der Waals surface area contributed by atoms with E-state index in [0.29, 0.717) is 33.5 Å². The van der Waals surface area contributed by atoms with E-state index in [1.807, 2.05) is 23.6 Å². The Morgan fingerprint density at radius 2 is 1.59 bits per heavy atom. The van der Waals surface area contributed by atoms with Crippen molar-refractivity contribution in [2.45, 2.75) is 0 Å². The van der Waals surface area contributed by atoms with Gasteiger partial charge in [0.2, 0.25) is 5.75 Å². The number of aromatic nitrogens is 1. The van der Waals surface area contributed by atoms with E-state index in [1.165, 1.54) is 16.7 Å². The molecule has 4 rings (SSSR count). The van der Waals surface area contributed by atoms with Crippen LogP contribution in [0.1, 0.15) is 10.6 Å². The van der Waals surface area contributed by atoms with Crippen molar-refractivity contribution in [1.29, 1.82) is 5.41 Å². The topological polar surface area (TPSA) is 64.4 Å². The molecule has 1 N–H and O–H groups in total. The Bertz CT molecular complexity index is 1170. The molecule has 0 fully saturated rings. The normalized spacial score (nSPS) is 10.7. The molecule has 0 saturated carbocycles. The molecule has 0 aliphatic heterocycles. The smallest absolute Gasteiger partial charge is 0.203 e. The molecule has 1 aromatic heterocycles. The zero-order valence-corrected chi connectivity index (χ0v) is 17.2. The monoisotopic (exact) mass is 404 g/mol. The quantitative estimate of drug-likeness (QED) is 0.437. The van der Waals surface area contributed by atoms with Gasteiger partial charge < -0.3 is 14.2 Å². The van der Waals surface area contributed by atoms with Gasteiger partial charge in [0.15, 0.2) is 11.5 Å². The first-order valence-corrected chi connectivity index (χ1v) is 9.87. The number of fused-ring (bicyclic) bond motifs is 1. The van der Waals surface area contributed by atoms with Gasteiger partial charge in [0, 0.05) is 16.5 Å². The van der Waals surface area contributed by atoms with E-state index in [1.54, 1.807) is 33.5 Å². The fourth-order valence-corrected chi connectivity index (χ4v) is 4.10. The standard InChI is InChI=1S/C23H20N2O3S/c1-26-19-11-15(12-20(27-2)22(19)28-3)21(24)23-25-18(13-29-23)17-10-6-8-14-7-4-5-9-16(14)17/h4-13,24H,1-3H3. The molecule has 0 radical (unpaired) electrons. The maximum Gasteiger partial charge on any atom is 0.203 e. The summed E-state index contributed by atoms with van der Waals surface area (Å²) < 4.78 is 16.2. The summed E-state index contributed by atoms with van der Waals surface area (Å²) in [7, 11) is 4.68. The summed E-state index contributed by atoms with van der Waals surface area (Å²) in [5.41, 5.74) is 2.88. The van der Waals surface area contributed by atoms with E-state index in [2.05, 4.69) is 24.3 Å². The highest BCUT2D eigenvalue weighted by atomic mass is 32.1. The molecule has 5 nitrogen and oxygen atoms in total. The minimum Gasteiger partial charge on any atom is -0.493 e. The molecule has 6 heteroatoms. The van der Waals surface area contributed by atoms with Crippen molar-refractivity contribution in [3.63, 3.8) is 0 Å². The SMILES string of the molecule is COc1cc(C(=N)c2nc(-c3cccc4ccccc34)cs2)cc(OC)c1OC. The molecule has 0 unspecified atom stereocenters. The van der Waals surface area contributed by atoms with Crippen molar-refractivity contribution in [3.05, 3.63) is 70.5 Å². The highest BCUT2D eigenvalue weighted by molar-refractivity contribution is 7.12. The molecule has 4 aromatic rings. The summed E-state index contributed by atoms with van der Waals surface area (Å²) in [6, 6.07) is 17.9. The van der Waals surface area contributed by atoms with Crippen LogP contribution in [0.4, 0.5) is 0 Å². The molecule has 0 aliphatic carbocycles. The van der Waals surface area contributed by atoms with Gasteiger partial charge in [0.25, 0.3) is 0 Å². The Hall–Kier alpha value is -3.38. The summed E-state index contributed by atoms with van der Waals surface area (Å²) in [4.78, 5) is 4.74. The third-order valence-electron chi connectivity index (χ3n) is 4.74. The van der Waals surface area contributed by atoms with Crippen molar-refractivity contribution >= 4 is 27.8 Å². The van der Waals surface area contributed by atoms with Crippen LogP contribution in [0.5, 0.6) is 17.2 Å². The van der Waals surface area contributed by atoms with Crippen molar-refractivity contribution in [1.82, 2.24) is 4.98 Å². The van der Waals surface area contributed by atoms with Gasteiger partial charge in [0.05, 0.1) is 32.7 Å². The average Bonchev–Trinajstić information content (AvgIpc) is 3.27. The molecule has 3 aromatic carbocycles. The fraction of sp³-hybridized carbons (Fsp3) is 0.130. The molecule has 0 amide bonds. The summed E-state index contributed by atoms with van der Waals surface area (Å²) in [6.07, 6.45) is 0. The zero-order valence-electron chi connectivity index (χ0n) is 16.4. The number of methoxy groups -OCH3 is 3. The second kappa shape index (κ2) is 7.93. The second-order valence-electron chi connectivity index (χ2n) is 6.35. The minimum atomic E-state index is 0.306. The van der Waals surface area contributed by atoms with Gasteiger partial charge in [-0.2, -0.15) is 0 Å². The van der Waals surface area contributed by atoms with Gasteiger partial charge in [-0.15, -0.1) is 11.3 Å².